The van der Waals surface area contributed by atoms with Crippen LogP contribution < -0.4 is 0 Å². The highest BCUT2D eigenvalue weighted by Gasteiger charge is 2.21. The van der Waals surface area contributed by atoms with Gasteiger partial charge >= 0.3 is 0 Å². The van der Waals surface area contributed by atoms with E-state index in [0.717, 1.165) is 17.9 Å². The number of fused-ring (bicyclic) bond motifs is 1. The zero-order valence-corrected chi connectivity index (χ0v) is 13.0. The molecule has 108 valence electrons. The zero-order valence-electron chi connectivity index (χ0n) is 12.2. The molecule has 1 aliphatic heterocycles. The summed E-state index contributed by atoms with van der Waals surface area (Å²) in [5.74, 6) is 0.985. The van der Waals surface area contributed by atoms with Crippen molar-refractivity contribution in [2.24, 2.45) is 0 Å². The van der Waals surface area contributed by atoms with E-state index in [-0.39, 0.29) is 5.38 Å². The smallest absolute Gasteiger partial charge is 0.127 e. The summed E-state index contributed by atoms with van der Waals surface area (Å²) in [6.45, 7) is 7.72. The Hall–Kier alpha value is -1.06. The summed E-state index contributed by atoms with van der Waals surface area (Å²) in [7, 11) is 0. The lowest BCUT2D eigenvalue weighted by molar-refractivity contribution is 0.236. The van der Waals surface area contributed by atoms with Gasteiger partial charge in [-0.25, -0.2) is 4.98 Å². The number of halogens is 1. The number of rotatable bonds is 4. The van der Waals surface area contributed by atoms with Gasteiger partial charge in [0, 0.05) is 12.6 Å². The number of aromatic nitrogens is 2. The normalized spacial score (nSPS) is 19.6. The second-order valence-corrected chi connectivity index (χ2v) is 6.43. The van der Waals surface area contributed by atoms with Crippen LogP contribution >= 0.6 is 11.6 Å². The molecule has 20 heavy (non-hydrogen) atoms. The quantitative estimate of drug-likeness (QED) is 0.799. The van der Waals surface area contributed by atoms with Gasteiger partial charge < -0.3 is 4.57 Å². The Morgan fingerprint density at radius 1 is 1.20 bits per heavy atom. The number of hydrogen-bond donors (Lipinski definition) is 0. The van der Waals surface area contributed by atoms with E-state index in [9.17, 15) is 0 Å². The molecule has 3 nitrogen and oxygen atoms in total. The number of likely N-dealkylation sites (tertiary alicyclic amines) is 1. The van der Waals surface area contributed by atoms with Crippen LogP contribution in [0.3, 0.4) is 0 Å². The number of nitrogens with zero attached hydrogens (tertiary/aromatic N) is 3. The van der Waals surface area contributed by atoms with Gasteiger partial charge in [-0.05, 0) is 51.9 Å². The van der Waals surface area contributed by atoms with E-state index in [1.807, 2.05) is 13.0 Å². The summed E-state index contributed by atoms with van der Waals surface area (Å²) in [6.07, 6.45) is 2.65. The molecule has 0 amide bonds. The first-order valence-electron chi connectivity index (χ1n) is 7.50. The van der Waals surface area contributed by atoms with Crippen LogP contribution in [0.25, 0.3) is 11.0 Å². The third-order valence-corrected chi connectivity index (χ3v) is 4.45. The Morgan fingerprint density at radius 3 is 2.60 bits per heavy atom. The Bertz CT molecular complexity index is 584. The summed E-state index contributed by atoms with van der Waals surface area (Å²) in [6, 6.07) is 8.84. The average molecular weight is 292 g/mol. The van der Waals surface area contributed by atoms with E-state index in [0.29, 0.717) is 6.04 Å². The highest BCUT2D eigenvalue weighted by Crippen LogP contribution is 2.25. The van der Waals surface area contributed by atoms with E-state index in [4.69, 9.17) is 16.6 Å². The van der Waals surface area contributed by atoms with Crippen LogP contribution in [-0.2, 0) is 6.54 Å². The van der Waals surface area contributed by atoms with Gasteiger partial charge in [0.15, 0.2) is 0 Å². The number of para-hydroxylation sites is 2. The number of imidazole rings is 1. The SMILES string of the molecule is CC(Cl)c1nc2ccccc2n1CC(C)N1CCCC1. The van der Waals surface area contributed by atoms with Crippen molar-refractivity contribution in [3.63, 3.8) is 0 Å². The van der Waals surface area contributed by atoms with Crippen LogP contribution in [0.15, 0.2) is 24.3 Å². The molecule has 1 fully saturated rings. The highest BCUT2D eigenvalue weighted by atomic mass is 35.5. The standard InChI is InChI=1S/C16H22ClN3/c1-12(19-9-5-6-10-19)11-20-15-8-4-3-7-14(15)18-16(20)13(2)17/h3-4,7-8,12-13H,5-6,9-11H2,1-2H3. The molecule has 0 N–H and O–H groups in total. The maximum absolute atomic E-state index is 6.33. The highest BCUT2D eigenvalue weighted by molar-refractivity contribution is 6.20. The van der Waals surface area contributed by atoms with E-state index < -0.39 is 0 Å². The van der Waals surface area contributed by atoms with Crippen LogP contribution in [0.5, 0.6) is 0 Å². The van der Waals surface area contributed by atoms with E-state index in [1.165, 1.54) is 31.4 Å². The fourth-order valence-corrected chi connectivity index (χ4v) is 3.32. The lowest BCUT2D eigenvalue weighted by Gasteiger charge is -2.25. The van der Waals surface area contributed by atoms with Crippen molar-refractivity contribution in [3.05, 3.63) is 30.1 Å². The van der Waals surface area contributed by atoms with Crippen LogP contribution in [0.2, 0.25) is 0 Å². The van der Waals surface area contributed by atoms with E-state index >= 15 is 0 Å². The Labute approximate surface area is 125 Å². The first-order chi connectivity index (χ1) is 9.66. The van der Waals surface area contributed by atoms with Crippen molar-refractivity contribution >= 4 is 22.6 Å². The van der Waals surface area contributed by atoms with Crippen LogP contribution in [0.4, 0.5) is 0 Å². The molecule has 4 heteroatoms. The Balaban J connectivity index is 1.94. The fourth-order valence-electron chi connectivity index (χ4n) is 3.15. The number of benzene rings is 1. The first kappa shape index (κ1) is 13.9. The van der Waals surface area contributed by atoms with Gasteiger partial charge in [0.2, 0.25) is 0 Å². The van der Waals surface area contributed by atoms with Gasteiger partial charge in [-0.2, -0.15) is 0 Å². The second kappa shape index (κ2) is 5.74. The van der Waals surface area contributed by atoms with E-state index in [1.54, 1.807) is 0 Å². The van der Waals surface area contributed by atoms with Crippen molar-refractivity contribution < 1.29 is 0 Å². The molecule has 0 aliphatic carbocycles. The van der Waals surface area contributed by atoms with Gasteiger partial charge in [0.1, 0.15) is 5.82 Å². The Morgan fingerprint density at radius 2 is 1.90 bits per heavy atom. The molecule has 1 aromatic heterocycles. The van der Waals surface area contributed by atoms with Gasteiger partial charge in [0.25, 0.3) is 0 Å². The minimum absolute atomic E-state index is 0.0619. The summed E-state index contributed by atoms with van der Waals surface area (Å²) < 4.78 is 2.30. The average Bonchev–Trinajstić information content (AvgIpc) is 3.06. The number of alkyl halides is 1. The van der Waals surface area contributed by atoms with Crippen molar-refractivity contribution in [3.8, 4) is 0 Å². The van der Waals surface area contributed by atoms with Crippen molar-refractivity contribution in [2.75, 3.05) is 13.1 Å². The number of hydrogen-bond acceptors (Lipinski definition) is 2. The predicted octanol–water partition coefficient (Wildman–Crippen LogP) is 3.82. The molecule has 0 spiro atoms. The lowest BCUT2D eigenvalue weighted by Crippen LogP contribution is -2.34. The molecule has 0 radical (unpaired) electrons. The molecule has 2 atom stereocenters. The topological polar surface area (TPSA) is 21.1 Å². The minimum Gasteiger partial charge on any atom is -0.325 e. The molecule has 0 saturated carbocycles. The maximum atomic E-state index is 6.33. The fraction of sp³-hybridized carbons (Fsp3) is 0.562. The maximum Gasteiger partial charge on any atom is 0.127 e. The molecule has 0 bridgehead atoms. The van der Waals surface area contributed by atoms with E-state index in [2.05, 4.69) is 34.6 Å². The van der Waals surface area contributed by atoms with Gasteiger partial charge in [-0.3, -0.25) is 4.90 Å². The summed E-state index contributed by atoms with van der Waals surface area (Å²) in [5, 5.41) is -0.0619. The van der Waals surface area contributed by atoms with Crippen LogP contribution in [0.1, 0.15) is 37.9 Å². The molecule has 3 rings (SSSR count). The van der Waals surface area contributed by atoms with Crippen molar-refractivity contribution in [1.29, 1.82) is 0 Å². The first-order valence-corrected chi connectivity index (χ1v) is 7.93. The second-order valence-electron chi connectivity index (χ2n) is 5.78. The molecular formula is C16H22ClN3. The summed E-state index contributed by atoms with van der Waals surface area (Å²) in [5.41, 5.74) is 2.24. The van der Waals surface area contributed by atoms with Crippen molar-refractivity contribution in [2.45, 2.75) is 44.7 Å². The van der Waals surface area contributed by atoms with Gasteiger partial charge in [-0.15, -0.1) is 11.6 Å². The van der Waals surface area contributed by atoms with Gasteiger partial charge in [0.05, 0.1) is 16.4 Å². The summed E-state index contributed by atoms with van der Waals surface area (Å²) in [4.78, 5) is 7.27. The van der Waals surface area contributed by atoms with Gasteiger partial charge in [-0.1, -0.05) is 12.1 Å². The monoisotopic (exact) mass is 291 g/mol. The largest absolute Gasteiger partial charge is 0.325 e. The molecule has 1 aromatic carbocycles. The van der Waals surface area contributed by atoms with Crippen molar-refractivity contribution in [1.82, 2.24) is 14.5 Å². The minimum atomic E-state index is -0.0619. The lowest BCUT2D eigenvalue weighted by atomic mass is 10.2. The third kappa shape index (κ3) is 2.57. The Kier molecular flexibility index (Phi) is 3.99. The molecular weight excluding hydrogens is 270 g/mol. The molecule has 2 heterocycles. The molecule has 2 aromatic rings. The van der Waals surface area contributed by atoms with Crippen LogP contribution in [0, 0.1) is 0 Å². The summed E-state index contributed by atoms with van der Waals surface area (Å²) >= 11 is 6.33. The molecule has 2 unspecified atom stereocenters. The molecule has 1 aliphatic rings. The van der Waals surface area contributed by atoms with Crippen LogP contribution in [-0.4, -0.2) is 33.6 Å². The zero-order chi connectivity index (χ0) is 14.1. The molecule has 1 saturated heterocycles. The predicted molar refractivity (Wildman–Crippen MR) is 84.3 cm³/mol. The third-order valence-electron chi connectivity index (χ3n) is 4.25.